The van der Waals surface area contributed by atoms with Gasteiger partial charge in [0.15, 0.2) is 0 Å². The summed E-state index contributed by atoms with van der Waals surface area (Å²) >= 11 is 6.03. The van der Waals surface area contributed by atoms with Crippen molar-refractivity contribution >= 4 is 28.6 Å². The third-order valence-electron chi connectivity index (χ3n) is 3.10. The Morgan fingerprint density at radius 1 is 1.47 bits per heavy atom. The molecule has 0 fully saturated rings. The molecular formula is C13H18ClN3. The molecule has 0 aliphatic rings. The maximum Gasteiger partial charge on any atom is 0.201 e. The third kappa shape index (κ3) is 2.39. The van der Waals surface area contributed by atoms with E-state index in [0.29, 0.717) is 12.0 Å². The van der Waals surface area contributed by atoms with E-state index < -0.39 is 0 Å². The Morgan fingerprint density at radius 2 is 2.24 bits per heavy atom. The average Bonchev–Trinajstić information content (AvgIpc) is 2.61. The fraction of sp³-hybridized carbons (Fsp3) is 0.462. The van der Waals surface area contributed by atoms with Crippen LogP contribution in [0.15, 0.2) is 18.2 Å². The number of hydrogen-bond acceptors (Lipinski definition) is 2. The molecule has 0 aliphatic carbocycles. The second kappa shape index (κ2) is 4.96. The molecule has 0 spiro atoms. The number of anilines is 1. The molecule has 0 bridgehead atoms. The summed E-state index contributed by atoms with van der Waals surface area (Å²) in [5, 5.41) is 0.723. The number of unbranched alkanes of at least 4 members (excludes halogenated alkanes) is 1. The van der Waals surface area contributed by atoms with Crippen LogP contribution < -0.4 is 5.73 Å². The van der Waals surface area contributed by atoms with E-state index in [9.17, 15) is 0 Å². The zero-order chi connectivity index (χ0) is 12.4. The maximum atomic E-state index is 6.03. The average molecular weight is 252 g/mol. The van der Waals surface area contributed by atoms with Crippen molar-refractivity contribution in [2.24, 2.45) is 0 Å². The lowest BCUT2D eigenvalue weighted by molar-refractivity contribution is 0.501. The normalized spacial score (nSPS) is 13.1. The van der Waals surface area contributed by atoms with E-state index in [2.05, 4.69) is 23.4 Å². The first-order chi connectivity index (χ1) is 8.13. The van der Waals surface area contributed by atoms with E-state index in [0.717, 1.165) is 22.5 Å². The lowest BCUT2D eigenvalue weighted by atomic mass is 10.1. The fourth-order valence-corrected chi connectivity index (χ4v) is 2.34. The molecule has 1 unspecified atom stereocenters. The summed E-state index contributed by atoms with van der Waals surface area (Å²) in [5.74, 6) is 0.575. The first kappa shape index (κ1) is 12.2. The van der Waals surface area contributed by atoms with Gasteiger partial charge in [0.2, 0.25) is 5.95 Å². The summed E-state index contributed by atoms with van der Waals surface area (Å²) in [5.41, 5.74) is 7.92. The Kier molecular flexibility index (Phi) is 3.57. The number of nitrogens with zero attached hydrogens (tertiary/aromatic N) is 2. The summed E-state index contributed by atoms with van der Waals surface area (Å²) in [4.78, 5) is 4.37. The number of hydrogen-bond donors (Lipinski definition) is 1. The first-order valence-electron chi connectivity index (χ1n) is 6.06. The van der Waals surface area contributed by atoms with Gasteiger partial charge in [-0.05, 0) is 31.5 Å². The molecule has 1 heterocycles. The van der Waals surface area contributed by atoms with Gasteiger partial charge in [0.25, 0.3) is 0 Å². The van der Waals surface area contributed by atoms with Crippen molar-refractivity contribution in [2.75, 3.05) is 5.73 Å². The molecule has 3 nitrogen and oxygen atoms in total. The van der Waals surface area contributed by atoms with Crippen LogP contribution in [0.5, 0.6) is 0 Å². The van der Waals surface area contributed by atoms with Crippen molar-refractivity contribution in [3.8, 4) is 0 Å². The highest BCUT2D eigenvalue weighted by Gasteiger charge is 2.13. The minimum absolute atomic E-state index is 0.360. The second-order valence-electron chi connectivity index (χ2n) is 4.46. The van der Waals surface area contributed by atoms with Crippen LogP contribution in [0.4, 0.5) is 5.95 Å². The van der Waals surface area contributed by atoms with Crippen molar-refractivity contribution in [3.63, 3.8) is 0 Å². The highest BCUT2D eigenvalue weighted by molar-refractivity contribution is 6.31. The summed E-state index contributed by atoms with van der Waals surface area (Å²) in [6.45, 7) is 4.37. The minimum Gasteiger partial charge on any atom is -0.369 e. The Morgan fingerprint density at radius 3 is 2.94 bits per heavy atom. The Hall–Kier alpha value is -1.22. The molecule has 4 heteroatoms. The van der Waals surface area contributed by atoms with E-state index in [1.54, 1.807) is 0 Å². The maximum absolute atomic E-state index is 6.03. The minimum atomic E-state index is 0.360. The number of nitrogens with two attached hydrogens (primary N) is 1. The highest BCUT2D eigenvalue weighted by atomic mass is 35.5. The second-order valence-corrected chi connectivity index (χ2v) is 4.90. The number of rotatable bonds is 4. The van der Waals surface area contributed by atoms with Gasteiger partial charge in [0, 0.05) is 11.1 Å². The van der Waals surface area contributed by atoms with Gasteiger partial charge in [-0.1, -0.05) is 31.4 Å². The van der Waals surface area contributed by atoms with E-state index in [1.807, 2.05) is 18.2 Å². The topological polar surface area (TPSA) is 43.8 Å². The van der Waals surface area contributed by atoms with Gasteiger partial charge in [0.05, 0.1) is 11.0 Å². The van der Waals surface area contributed by atoms with Crippen LogP contribution in [0.2, 0.25) is 5.02 Å². The van der Waals surface area contributed by atoms with Crippen molar-refractivity contribution in [3.05, 3.63) is 23.2 Å². The number of halogens is 1. The van der Waals surface area contributed by atoms with Gasteiger partial charge in [-0.3, -0.25) is 0 Å². The molecule has 0 saturated heterocycles. The van der Waals surface area contributed by atoms with E-state index in [4.69, 9.17) is 17.3 Å². The molecule has 0 radical (unpaired) electrons. The van der Waals surface area contributed by atoms with Gasteiger partial charge in [-0.2, -0.15) is 0 Å². The van der Waals surface area contributed by atoms with Crippen molar-refractivity contribution < 1.29 is 0 Å². The zero-order valence-electron chi connectivity index (χ0n) is 10.3. The van der Waals surface area contributed by atoms with Crippen LogP contribution >= 0.6 is 11.6 Å². The molecule has 92 valence electrons. The van der Waals surface area contributed by atoms with E-state index in [-0.39, 0.29) is 0 Å². The van der Waals surface area contributed by atoms with E-state index >= 15 is 0 Å². The van der Waals surface area contributed by atoms with Gasteiger partial charge < -0.3 is 10.3 Å². The summed E-state index contributed by atoms with van der Waals surface area (Å²) in [7, 11) is 0. The zero-order valence-corrected chi connectivity index (χ0v) is 11.0. The van der Waals surface area contributed by atoms with Gasteiger partial charge in [-0.15, -0.1) is 0 Å². The monoisotopic (exact) mass is 251 g/mol. The molecule has 1 aromatic carbocycles. The molecule has 2 rings (SSSR count). The Bertz CT molecular complexity index is 519. The molecule has 0 saturated carbocycles. The summed E-state index contributed by atoms with van der Waals surface area (Å²) in [6, 6.07) is 6.05. The Balaban J connectivity index is 2.44. The molecule has 0 amide bonds. The molecule has 17 heavy (non-hydrogen) atoms. The largest absolute Gasteiger partial charge is 0.369 e. The predicted molar refractivity (Wildman–Crippen MR) is 73.4 cm³/mol. The number of nitrogen functional groups attached to an aromatic ring is 1. The Labute approximate surface area is 107 Å². The van der Waals surface area contributed by atoms with Crippen LogP contribution in [0.1, 0.15) is 39.2 Å². The summed E-state index contributed by atoms with van der Waals surface area (Å²) < 4.78 is 2.08. The number of fused-ring (bicyclic) bond motifs is 1. The van der Waals surface area contributed by atoms with Crippen LogP contribution in [0.25, 0.3) is 11.0 Å². The van der Waals surface area contributed by atoms with Gasteiger partial charge in [0.1, 0.15) is 0 Å². The van der Waals surface area contributed by atoms with Gasteiger partial charge >= 0.3 is 0 Å². The molecule has 2 aromatic rings. The van der Waals surface area contributed by atoms with Crippen molar-refractivity contribution in [1.82, 2.24) is 9.55 Å². The van der Waals surface area contributed by atoms with Crippen LogP contribution in [0.3, 0.4) is 0 Å². The van der Waals surface area contributed by atoms with Gasteiger partial charge in [-0.25, -0.2) is 4.98 Å². The van der Waals surface area contributed by atoms with E-state index in [1.165, 1.54) is 12.8 Å². The van der Waals surface area contributed by atoms with Crippen LogP contribution in [0, 0.1) is 0 Å². The fourth-order valence-electron chi connectivity index (χ4n) is 2.18. The quantitative estimate of drug-likeness (QED) is 0.892. The third-order valence-corrected chi connectivity index (χ3v) is 3.33. The standard InChI is InChI=1S/C13H18ClN3/c1-3-4-5-9(2)17-12-8-10(14)6-7-11(12)16-13(17)15/h6-9H,3-5H2,1-2H3,(H2,15,16). The summed E-state index contributed by atoms with van der Waals surface area (Å²) in [6.07, 6.45) is 3.50. The van der Waals surface area contributed by atoms with Crippen LogP contribution in [-0.2, 0) is 0 Å². The number of benzene rings is 1. The molecule has 1 atom stereocenters. The molecule has 1 aromatic heterocycles. The molecule has 2 N–H and O–H groups in total. The first-order valence-corrected chi connectivity index (χ1v) is 6.44. The predicted octanol–water partition coefficient (Wildman–Crippen LogP) is 4.02. The molecular weight excluding hydrogens is 234 g/mol. The highest BCUT2D eigenvalue weighted by Crippen LogP contribution is 2.27. The SMILES string of the molecule is CCCCC(C)n1c(N)nc2ccc(Cl)cc21. The smallest absolute Gasteiger partial charge is 0.201 e. The lowest BCUT2D eigenvalue weighted by Gasteiger charge is -2.15. The lowest BCUT2D eigenvalue weighted by Crippen LogP contribution is -2.08. The van der Waals surface area contributed by atoms with Crippen molar-refractivity contribution in [1.29, 1.82) is 0 Å². The molecule has 0 aliphatic heterocycles. The van der Waals surface area contributed by atoms with Crippen molar-refractivity contribution in [2.45, 2.75) is 39.2 Å². The number of aromatic nitrogens is 2. The number of imidazole rings is 1. The van der Waals surface area contributed by atoms with Crippen LogP contribution in [-0.4, -0.2) is 9.55 Å².